The molecule has 0 aliphatic heterocycles. The number of carbonyl (C=O) groups excluding carboxylic acids is 2. The van der Waals surface area contributed by atoms with Crippen LogP contribution in [0.2, 0.25) is 0 Å². The van der Waals surface area contributed by atoms with Gasteiger partial charge in [0.2, 0.25) is 6.39 Å². The molecule has 0 aliphatic carbocycles. The molecule has 19 heavy (non-hydrogen) atoms. The summed E-state index contributed by atoms with van der Waals surface area (Å²) in [7, 11) is 0. The van der Waals surface area contributed by atoms with Crippen LogP contribution in [0.15, 0.2) is 22.1 Å². The standard InChI is InChI=1S/C10H12N4O5/c1-5(6(2)9(16)17)8(15)13-10(18)11-3-7-12-4-19-14-7/h4H,3H2,1-2H3,(H,16,17)(H2,11,13,15,18). The summed E-state index contributed by atoms with van der Waals surface area (Å²) in [5.74, 6) is -1.76. The Balaban J connectivity index is 2.50. The molecular weight excluding hydrogens is 256 g/mol. The molecule has 0 spiro atoms. The molecule has 1 aromatic heterocycles. The van der Waals surface area contributed by atoms with Crippen LogP contribution in [-0.4, -0.2) is 33.2 Å². The molecule has 0 atom stereocenters. The minimum Gasteiger partial charge on any atom is -0.478 e. The lowest BCUT2D eigenvalue weighted by Gasteiger charge is -2.06. The van der Waals surface area contributed by atoms with Gasteiger partial charge in [-0.25, -0.2) is 9.59 Å². The van der Waals surface area contributed by atoms with Crippen LogP contribution in [0, 0.1) is 0 Å². The van der Waals surface area contributed by atoms with Gasteiger partial charge in [-0.15, -0.1) is 0 Å². The molecule has 1 heterocycles. The Labute approximate surface area is 107 Å². The first-order valence-electron chi connectivity index (χ1n) is 5.17. The van der Waals surface area contributed by atoms with Gasteiger partial charge in [-0.3, -0.25) is 10.1 Å². The van der Waals surface area contributed by atoms with Crippen LogP contribution in [-0.2, 0) is 16.1 Å². The number of nitrogens with zero attached hydrogens (tertiary/aromatic N) is 2. The highest BCUT2D eigenvalue weighted by atomic mass is 16.5. The third kappa shape index (κ3) is 4.22. The molecule has 9 nitrogen and oxygen atoms in total. The fourth-order valence-corrected chi connectivity index (χ4v) is 1.00. The van der Waals surface area contributed by atoms with Crippen molar-refractivity contribution >= 4 is 17.9 Å². The smallest absolute Gasteiger partial charge is 0.331 e. The van der Waals surface area contributed by atoms with Gasteiger partial charge in [0, 0.05) is 11.1 Å². The molecule has 0 bridgehead atoms. The van der Waals surface area contributed by atoms with Gasteiger partial charge in [0.15, 0.2) is 5.82 Å². The van der Waals surface area contributed by atoms with E-state index >= 15 is 0 Å². The average molecular weight is 268 g/mol. The number of urea groups is 1. The minimum absolute atomic E-state index is 0.0176. The highest BCUT2D eigenvalue weighted by Gasteiger charge is 2.15. The van der Waals surface area contributed by atoms with Crippen molar-refractivity contribution < 1.29 is 24.0 Å². The van der Waals surface area contributed by atoms with Crippen molar-refractivity contribution in [3.8, 4) is 0 Å². The van der Waals surface area contributed by atoms with Crippen molar-refractivity contribution in [2.45, 2.75) is 20.4 Å². The van der Waals surface area contributed by atoms with Crippen molar-refractivity contribution in [1.82, 2.24) is 20.8 Å². The van der Waals surface area contributed by atoms with Gasteiger partial charge in [-0.1, -0.05) is 5.16 Å². The van der Waals surface area contributed by atoms with Crippen LogP contribution >= 0.6 is 0 Å². The molecule has 102 valence electrons. The highest BCUT2D eigenvalue weighted by molar-refractivity contribution is 6.07. The van der Waals surface area contributed by atoms with Crippen LogP contribution in [0.3, 0.4) is 0 Å². The number of aliphatic carboxylic acids is 1. The Bertz CT molecular complexity index is 520. The number of imide groups is 1. The van der Waals surface area contributed by atoms with E-state index in [-0.39, 0.29) is 23.5 Å². The quantitative estimate of drug-likeness (QED) is 0.644. The molecule has 1 rings (SSSR count). The number of nitrogens with one attached hydrogen (secondary N) is 2. The summed E-state index contributed by atoms with van der Waals surface area (Å²) < 4.78 is 4.45. The van der Waals surface area contributed by atoms with Crippen LogP contribution in [0.25, 0.3) is 0 Å². The van der Waals surface area contributed by atoms with Gasteiger partial charge < -0.3 is 14.9 Å². The van der Waals surface area contributed by atoms with Crippen LogP contribution in [0.1, 0.15) is 19.7 Å². The number of amides is 3. The number of carbonyl (C=O) groups is 3. The molecule has 1 aromatic rings. The van der Waals surface area contributed by atoms with Crippen molar-refractivity contribution in [2.24, 2.45) is 0 Å². The fourth-order valence-electron chi connectivity index (χ4n) is 1.00. The Morgan fingerprint density at radius 3 is 2.53 bits per heavy atom. The molecule has 9 heteroatoms. The second-order valence-corrected chi connectivity index (χ2v) is 3.54. The van der Waals surface area contributed by atoms with E-state index in [4.69, 9.17) is 5.11 Å². The third-order valence-corrected chi connectivity index (χ3v) is 2.26. The van der Waals surface area contributed by atoms with Crippen LogP contribution in [0.5, 0.6) is 0 Å². The summed E-state index contributed by atoms with van der Waals surface area (Å²) >= 11 is 0. The molecule has 0 unspecified atom stereocenters. The van der Waals surface area contributed by atoms with Crippen molar-refractivity contribution in [1.29, 1.82) is 0 Å². The number of carboxylic acids is 1. The number of rotatable bonds is 4. The van der Waals surface area contributed by atoms with Crippen LogP contribution in [0.4, 0.5) is 4.79 Å². The van der Waals surface area contributed by atoms with Gasteiger partial charge in [-0.05, 0) is 13.8 Å². The van der Waals surface area contributed by atoms with E-state index in [0.717, 1.165) is 6.39 Å². The number of hydrogen-bond acceptors (Lipinski definition) is 6. The summed E-state index contributed by atoms with van der Waals surface area (Å²) in [6, 6.07) is -0.785. The molecule has 0 fully saturated rings. The van der Waals surface area contributed by atoms with Crippen LogP contribution < -0.4 is 10.6 Å². The number of carboxylic acid groups (broad SMARTS) is 1. The maximum Gasteiger partial charge on any atom is 0.331 e. The zero-order valence-corrected chi connectivity index (χ0v) is 10.3. The predicted octanol–water partition coefficient (Wildman–Crippen LogP) is -0.184. The SMILES string of the molecule is CC(C(=O)O)=C(C)C(=O)NC(=O)NCc1ncon1. The average Bonchev–Trinajstić information content (AvgIpc) is 2.87. The first-order valence-corrected chi connectivity index (χ1v) is 5.17. The van der Waals surface area contributed by atoms with E-state index in [1.807, 2.05) is 5.32 Å². The largest absolute Gasteiger partial charge is 0.478 e. The Kier molecular flexibility index (Phi) is 4.75. The van der Waals surface area contributed by atoms with Crippen molar-refractivity contribution in [3.05, 3.63) is 23.4 Å². The summed E-state index contributed by atoms with van der Waals surface area (Å²) in [6.07, 6.45) is 1.10. The Hall–Kier alpha value is -2.71. The molecule has 0 saturated carbocycles. The summed E-state index contributed by atoms with van der Waals surface area (Å²) in [4.78, 5) is 37.2. The van der Waals surface area contributed by atoms with Gasteiger partial charge in [0.1, 0.15) is 0 Å². The normalized spacial score (nSPS) is 11.5. The molecule has 0 radical (unpaired) electrons. The maximum absolute atomic E-state index is 11.5. The fraction of sp³-hybridized carbons (Fsp3) is 0.300. The molecule has 3 amide bonds. The van der Waals surface area contributed by atoms with Gasteiger partial charge >= 0.3 is 12.0 Å². The van der Waals surface area contributed by atoms with Gasteiger partial charge in [0.05, 0.1) is 6.54 Å². The van der Waals surface area contributed by atoms with E-state index < -0.39 is 17.9 Å². The van der Waals surface area contributed by atoms with E-state index in [1.54, 1.807) is 0 Å². The van der Waals surface area contributed by atoms with Crippen molar-refractivity contribution in [3.63, 3.8) is 0 Å². The zero-order chi connectivity index (χ0) is 14.4. The minimum atomic E-state index is -1.22. The molecule has 3 N–H and O–H groups in total. The molecule has 0 saturated heterocycles. The highest BCUT2D eigenvalue weighted by Crippen LogP contribution is 2.03. The van der Waals surface area contributed by atoms with Gasteiger partial charge in [0.25, 0.3) is 5.91 Å². The van der Waals surface area contributed by atoms with E-state index in [9.17, 15) is 14.4 Å². The van der Waals surface area contributed by atoms with Gasteiger partial charge in [-0.2, -0.15) is 4.98 Å². The second kappa shape index (κ2) is 6.28. The first kappa shape index (κ1) is 14.4. The zero-order valence-electron chi connectivity index (χ0n) is 10.3. The topological polar surface area (TPSA) is 134 Å². The second-order valence-electron chi connectivity index (χ2n) is 3.54. The van der Waals surface area contributed by atoms with E-state index in [2.05, 4.69) is 20.0 Å². The third-order valence-electron chi connectivity index (χ3n) is 2.26. The maximum atomic E-state index is 11.5. The summed E-state index contributed by atoms with van der Waals surface area (Å²) in [6.45, 7) is 2.57. The lowest BCUT2D eigenvalue weighted by Crippen LogP contribution is -2.40. The van der Waals surface area contributed by atoms with Crippen molar-refractivity contribution in [2.75, 3.05) is 0 Å². The van der Waals surface area contributed by atoms with E-state index in [0.29, 0.717) is 0 Å². The molecular formula is C10H12N4O5. The molecule has 0 aliphatic rings. The lowest BCUT2D eigenvalue weighted by atomic mass is 10.1. The lowest BCUT2D eigenvalue weighted by molar-refractivity contribution is -0.133. The number of hydrogen-bond donors (Lipinski definition) is 3. The monoisotopic (exact) mass is 268 g/mol. The molecule has 0 aromatic carbocycles. The Morgan fingerprint density at radius 2 is 2.00 bits per heavy atom. The predicted molar refractivity (Wildman–Crippen MR) is 60.7 cm³/mol. The number of aromatic nitrogens is 2. The van der Waals surface area contributed by atoms with E-state index in [1.165, 1.54) is 13.8 Å². The first-order chi connectivity index (χ1) is 8.91. The Morgan fingerprint density at radius 1 is 1.32 bits per heavy atom. The summed E-state index contributed by atoms with van der Waals surface area (Å²) in [5.41, 5.74) is -0.189. The summed E-state index contributed by atoms with van der Waals surface area (Å²) in [5, 5.41) is 16.4.